The Kier molecular flexibility index (Phi) is 9.35. The predicted octanol–water partition coefficient (Wildman–Crippen LogP) is 7.04. The second-order valence-corrected chi connectivity index (χ2v) is 14.1. The molecule has 0 bridgehead atoms. The van der Waals surface area contributed by atoms with Gasteiger partial charge in [-0.25, -0.2) is 9.78 Å². The van der Waals surface area contributed by atoms with Crippen LogP contribution in [0.25, 0.3) is 10.2 Å². The number of benzene rings is 4. The zero-order chi connectivity index (χ0) is 36.6. The highest BCUT2D eigenvalue weighted by Crippen LogP contribution is 2.57. The normalized spacial score (nSPS) is 13.3. The number of unbranched alkanes of at least 4 members (excludes halogenated alkanes) is 3. The highest BCUT2D eigenvalue weighted by atomic mass is 32.1. The summed E-state index contributed by atoms with van der Waals surface area (Å²) in [5.74, 6) is 0.954. The van der Waals surface area contributed by atoms with Crippen LogP contribution >= 0.6 is 11.3 Å². The van der Waals surface area contributed by atoms with Crippen LogP contribution in [0.15, 0.2) is 66.7 Å². The van der Waals surface area contributed by atoms with Crippen molar-refractivity contribution in [2.24, 2.45) is 0 Å². The third-order valence-electron chi connectivity index (χ3n) is 9.41. The molecule has 52 heavy (non-hydrogen) atoms. The Labute approximate surface area is 305 Å². The van der Waals surface area contributed by atoms with Crippen molar-refractivity contribution >= 4 is 50.5 Å². The fourth-order valence-electron chi connectivity index (χ4n) is 6.71. The van der Waals surface area contributed by atoms with Gasteiger partial charge in [0.1, 0.15) is 29.0 Å². The van der Waals surface area contributed by atoms with Crippen LogP contribution in [0.5, 0.6) is 17.2 Å². The molecule has 0 atom stereocenters. The number of rotatable bonds is 12. The minimum absolute atomic E-state index is 0.235. The SMILES string of the molecule is CN(C)c1ccc2c(c1)Oc1cc(N(C)C)ccc1C21OC(=O)c2ccc(C(=O)NCCCCCCOc3ccc4nc(C#N)sc4c3NO)cc21. The van der Waals surface area contributed by atoms with E-state index in [0.717, 1.165) is 37.1 Å². The Morgan fingerprint density at radius 3 is 2.27 bits per heavy atom. The molecule has 12 nitrogen and oxygen atoms in total. The third-order valence-corrected chi connectivity index (χ3v) is 10.4. The van der Waals surface area contributed by atoms with Gasteiger partial charge in [0, 0.05) is 80.5 Å². The topological polar surface area (TPSA) is 149 Å². The zero-order valence-corrected chi connectivity index (χ0v) is 30.1. The molecule has 0 aliphatic carbocycles. The molecule has 1 amide bonds. The molecule has 0 radical (unpaired) electrons. The first-order chi connectivity index (χ1) is 25.1. The minimum Gasteiger partial charge on any atom is -0.491 e. The van der Waals surface area contributed by atoms with E-state index in [0.29, 0.717) is 79.1 Å². The molecule has 1 spiro atoms. The van der Waals surface area contributed by atoms with Gasteiger partial charge in [-0.1, -0.05) is 12.8 Å². The van der Waals surface area contributed by atoms with Gasteiger partial charge in [-0.15, -0.1) is 11.3 Å². The number of carbonyl (C=O) groups excluding carboxylic acids is 2. The van der Waals surface area contributed by atoms with Gasteiger partial charge in [-0.2, -0.15) is 5.26 Å². The van der Waals surface area contributed by atoms with Crippen LogP contribution in [-0.4, -0.2) is 63.4 Å². The number of nitrogens with one attached hydrogen (secondary N) is 2. The number of fused-ring (bicyclic) bond motifs is 7. The Balaban J connectivity index is 1.02. The van der Waals surface area contributed by atoms with Crippen molar-refractivity contribution in [2.45, 2.75) is 31.3 Å². The summed E-state index contributed by atoms with van der Waals surface area (Å²) in [6.07, 6.45) is 3.31. The molecule has 1 aromatic heterocycles. The van der Waals surface area contributed by atoms with Crippen LogP contribution in [0.2, 0.25) is 0 Å². The first-order valence-electron chi connectivity index (χ1n) is 17.0. The van der Waals surface area contributed by atoms with E-state index in [4.69, 9.17) is 19.5 Å². The number of carbonyl (C=O) groups is 2. The van der Waals surface area contributed by atoms with Gasteiger partial charge < -0.3 is 29.3 Å². The molecule has 0 fully saturated rings. The van der Waals surface area contributed by atoms with Gasteiger partial charge in [0.15, 0.2) is 10.6 Å². The summed E-state index contributed by atoms with van der Waals surface area (Å²) in [6.45, 7) is 0.928. The predicted molar refractivity (Wildman–Crippen MR) is 199 cm³/mol. The van der Waals surface area contributed by atoms with E-state index in [-0.39, 0.29) is 5.91 Å². The lowest BCUT2D eigenvalue weighted by Crippen LogP contribution is -2.33. The van der Waals surface area contributed by atoms with Crippen molar-refractivity contribution < 1.29 is 29.0 Å². The molecule has 3 heterocycles. The van der Waals surface area contributed by atoms with Crippen molar-refractivity contribution in [2.75, 3.05) is 56.6 Å². The number of anilines is 3. The maximum absolute atomic E-state index is 13.5. The summed E-state index contributed by atoms with van der Waals surface area (Å²) >= 11 is 1.19. The first-order valence-corrected chi connectivity index (χ1v) is 17.8. The average Bonchev–Trinajstić information content (AvgIpc) is 3.70. The van der Waals surface area contributed by atoms with Crippen LogP contribution in [0.4, 0.5) is 17.1 Å². The standard InChI is InChI=1S/C39H38N6O6S/c1-44(2)24-10-13-27-32(20-24)50-33-21-25(45(3)4)11-14-28(33)39(27)29-19-23(9-12-26(29)38(47)51-39)37(46)41-17-7-5-6-8-18-49-31-16-15-30-36(35(31)43-48)52-34(22-40)42-30/h9-16,19-21,43,48H,5-8,17-18H2,1-4H3,(H,41,46). The van der Waals surface area contributed by atoms with E-state index in [1.807, 2.05) is 80.5 Å². The lowest BCUT2D eigenvalue weighted by Gasteiger charge is -2.37. The molecule has 0 unspecified atom stereocenters. The monoisotopic (exact) mass is 718 g/mol. The van der Waals surface area contributed by atoms with Crippen molar-refractivity contribution in [1.29, 1.82) is 5.26 Å². The van der Waals surface area contributed by atoms with E-state index in [1.165, 1.54) is 11.3 Å². The van der Waals surface area contributed by atoms with Crippen LogP contribution in [0, 0.1) is 11.3 Å². The molecular formula is C39H38N6O6S. The molecule has 0 saturated heterocycles. The van der Waals surface area contributed by atoms with E-state index >= 15 is 0 Å². The summed E-state index contributed by atoms with van der Waals surface area (Å²) in [5, 5.41) is 22.2. The fraction of sp³-hybridized carbons (Fsp3) is 0.282. The number of ether oxygens (including phenoxy) is 3. The number of amides is 1. The van der Waals surface area contributed by atoms with Crippen molar-refractivity contribution in [1.82, 2.24) is 10.3 Å². The lowest BCUT2D eigenvalue weighted by atomic mass is 9.77. The first kappa shape index (κ1) is 34.6. The highest BCUT2D eigenvalue weighted by molar-refractivity contribution is 7.19. The lowest BCUT2D eigenvalue weighted by molar-refractivity contribution is 0.0224. The zero-order valence-electron chi connectivity index (χ0n) is 29.3. The number of nitrogens with zero attached hydrogens (tertiary/aromatic N) is 4. The van der Waals surface area contributed by atoms with Gasteiger partial charge in [-0.05, 0) is 67.4 Å². The highest BCUT2D eigenvalue weighted by Gasteiger charge is 2.54. The van der Waals surface area contributed by atoms with Gasteiger partial charge in [0.25, 0.3) is 5.91 Å². The van der Waals surface area contributed by atoms with Crippen LogP contribution in [0.3, 0.4) is 0 Å². The minimum atomic E-state index is -1.29. The molecular weight excluding hydrogens is 681 g/mol. The molecule has 2 aliphatic rings. The summed E-state index contributed by atoms with van der Waals surface area (Å²) < 4.78 is 19.4. The van der Waals surface area contributed by atoms with E-state index in [1.54, 1.807) is 30.3 Å². The Hall–Kier alpha value is -5.84. The third kappa shape index (κ3) is 6.10. The second-order valence-electron chi connectivity index (χ2n) is 13.1. The fourth-order valence-corrected chi connectivity index (χ4v) is 7.56. The maximum atomic E-state index is 13.5. The van der Waals surface area contributed by atoms with Crippen LogP contribution in [-0.2, 0) is 10.3 Å². The molecule has 5 aromatic rings. The van der Waals surface area contributed by atoms with E-state index in [9.17, 15) is 14.8 Å². The van der Waals surface area contributed by atoms with Crippen molar-refractivity contribution in [3.63, 3.8) is 0 Å². The van der Waals surface area contributed by atoms with Crippen LogP contribution < -0.4 is 30.1 Å². The van der Waals surface area contributed by atoms with Gasteiger partial charge >= 0.3 is 5.97 Å². The second kappa shape index (κ2) is 14.1. The Morgan fingerprint density at radius 1 is 0.923 bits per heavy atom. The van der Waals surface area contributed by atoms with E-state index < -0.39 is 11.6 Å². The number of hydrogen-bond acceptors (Lipinski definition) is 12. The quantitative estimate of drug-likeness (QED) is 0.0693. The molecule has 13 heteroatoms. The molecule has 2 aliphatic heterocycles. The molecule has 4 aromatic carbocycles. The number of hydrogen-bond donors (Lipinski definition) is 3. The molecule has 3 N–H and O–H groups in total. The number of thiazole rings is 1. The Bertz CT molecular complexity index is 2190. The van der Waals surface area contributed by atoms with Gasteiger partial charge in [0.05, 0.1) is 22.4 Å². The summed E-state index contributed by atoms with van der Waals surface area (Å²) in [5.41, 5.74) is 6.61. The van der Waals surface area contributed by atoms with Crippen molar-refractivity contribution in [3.05, 3.63) is 99.6 Å². The Morgan fingerprint density at radius 2 is 1.62 bits per heavy atom. The average molecular weight is 719 g/mol. The molecule has 7 rings (SSSR count). The molecule has 266 valence electrons. The summed E-state index contributed by atoms with van der Waals surface area (Å²) in [6, 6.07) is 22.3. The molecule has 0 saturated carbocycles. The number of esters is 1. The van der Waals surface area contributed by atoms with Crippen LogP contribution in [0.1, 0.15) is 68.1 Å². The smallest absolute Gasteiger partial charge is 0.340 e. The summed E-state index contributed by atoms with van der Waals surface area (Å²) in [4.78, 5) is 35.1. The van der Waals surface area contributed by atoms with Gasteiger partial charge in [0.2, 0.25) is 0 Å². The summed E-state index contributed by atoms with van der Waals surface area (Å²) in [7, 11) is 7.81. The number of nitriles is 1. The largest absolute Gasteiger partial charge is 0.491 e. The van der Waals surface area contributed by atoms with Gasteiger partial charge in [-0.3, -0.25) is 15.5 Å². The maximum Gasteiger partial charge on any atom is 0.340 e. The van der Waals surface area contributed by atoms with E-state index in [2.05, 4.69) is 15.8 Å². The van der Waals surface area contributed by atoms with Crippen molar-refractivity contribution in [3.8, 4) is 23.3 Å². The number of aromatic nitrogens is 1.